The minimum absolute atomic E-state index is 0.0790. The highest BCUT2D eigenvalue weighted by molar-refractivity contribution is 5.88. The lowest BCUT2D eigenvalue weighted by Crippen LogP contribution is -2.49. The van der Waals surface area contributed by atoms with Gasteiger partial charge < -0.3 is 29.8 Å². The summed E-state index contributed by atoms with van der Waals surface area (Å²) in [5.41, 5.74) is 3.73. The monoisotopic (exact) mass is 628 g/mol. The van der Waals surface area contributed by atoms with Gasteiger partial charge in [-0.1, -0.05) is 53.4 Å². The molecule has 1 saturated heterocycles. The second-order valence-corrected chi connectivity index (χ2v) is 12.8. The molecule has 1 amide bonds. The molecule has 0 aromatic carbocycles. The Kier molecular flexibility index (Phi) is 11.0. The third-order valence-corrected chi connectivity index (χ3v) is 8.41. The van der Waals surface area contributed by atoms with Gasteiger partial charge in [-0.2, -0.15) is 10.4 Å². The number of nitriles is 1. The van der Waals surface area contributed by atoms with Crippen molar-refractivity contribution < 1.29 is 38.4 Å². The number of hydrogen-bond donors (Lipinski definition) is 3. The van der Waals surface area contributed by atoms with E-state index in [1.165, 1.54) is 16.9 Å². The molecular formula is C31H44N6O8. The number of rotatable bonds is 13. The smallest absolute Gasteiger partial charge is 0.412 e. The molecule has 0 radical (unpaired) electrons. The van der Waals surface area contributed by atoms with Crippen LogP contribution in [0.15, 0.2) is 18.5 Å². The molecule has 2 fully saturated rings. The van der Waals surface area contributed by atoms with Crippen LogP contribution in [0.1, 0.15) is 84.8 Å². The average molecular weight is 629 g/mol. The predicted octanol–water partition coefficient (Wildman–Crippen LogP) is 3.36. The van der Waals surface area contributed by atoms with Crippen molar-refractivity contribution in [3.05, 3.63) is 24.2 Å². The number of anilines is 1. The van der Waals surface area contributed by atoms with E-state index in [1.807, 2.05) is 6.07 Å². The number of amides is 1. The summed E-state index contributed by atoms with van der Waals surface area (Å²) in [6.45, 7) is 7.26. The number of aromatic nitrogens is 3. The first kappa shape index (κ1) is 34.1. The van der Waals surface area contributed by atoms with Crippen LogP contribution in [0.25, 0.3) is 5.52 Å². The van der Waals surface area contributed by atoms with Crippen molar-refractivity contribution in [3.8, 4) is 6.07 Å². The van der Waals surface area contributed by atoms with Crippen molar-refractivity contribution in [2.24, 2.45) is 17.1 Å². The lowest BCUT2D eigenvalue weighted by atomic mass is 9.83. The minimum Gasteiger partial charge on any atom is -0.463 e. The Morgan fingerprint density at radius 1 is 1.24 bits per heavy atom. The van der Waals surface area contributed by atoms with Crippen LogP contribution >= 0.6 is 0 Å². The summed E-state index contributed by atoms with van der Waals surface area (Å²) >= 11 is 0. The number of nitrogens with zero attached hydrogens (tertiary/aromatic N) is 4. The second-order valence-electron chi connectivity index (χ2n) is 12.8. The molecule has 1 saturated carbocycles. The molecule has 5 atom stereocenters. The van der Waals surface area contributed by atoms with Gasteiger partial charge in [0, 0.05) is 6.42 Å². The van der Waals surface area contributed by atoms with Crippen molar-refractivity contribution in [2.75, 3.05) is 18.5 Å². The molecular weight excluding hydrogens is 584 g/mol. The fourth-order valence-electron chi connectivity index (χ4n) is 5.31. The minimum atomic E-state index is -2.11. The molecule has 246 valence electrons. The molecule has 4 rings (SSSR count). The first-order chi connectivity index (χ1) is 21.4. The highest BCUT2D eigenvalue weighted by Crippen LogP contribution is 2.42. The number of ether oxygens (including phenoxy) is 4. The Balaban J connectivity index is 1.58. The van der Waals surface area contributed by atoms with Crippen molar-refractivity contribution in [2.45, 2.75) is 109 Å². The summed E-state index contributed by atoms with van der Waals surface area (Å²) in [5.74, 6) is -0.887. The molecule has 1 aliphatic heterocycles. The summed E-state index contributed by atoms with van der Waals surface area (Å²) in [5, 5.41) is 28.9. The Morgan fingerprint density at radius 3 is 2.64 bits per heavy atom. The van der Waals surface area contributed by atoms with Gasteiger partial charge in [0.15, 0.2) is 11.9 Å². The quantitative estimate of drug-likeness (QED) is 0.166. The molecule has 4 N–H and O–H groups in total. The van der Waals surface area contributed by atoms with E-state index >= 15 is 0 Å². The van der Waals surface area contributed by atoms with E-state index in [2.05, 4.69) is 22.3 Å². The molecule has 1 aliphatic carbocycles. The average Bonchev–Trinajstić information content (AvgIpc) is 3.53. The third-order valence-electron chi connectivity index (χ3n) is 8.41. The van der Waals surface area contributed by atoms with Crippen LogP contribution in [-0.2, 0) is 34.1 Å². The van der Waals surface area contributed by atoms with Crippen LogP contribution < -0.4 is 11.1 Å². The number of hydrogen-bond acceptors (Lipinski definition) is 12. The second kappa shape index (κ2) is 14.5. The van der Waals surface area contributed by atoms with Gasteiger partial charge in [0.2, 0.25) is 5.60 Å². The van der Waals surface area contributed by atoms with Gasteiger partial charge in [-0.15, -0.1) is 0 Å². The molecule has 45 heavy (non-hydrogen) atoms. The maximum Gasteiger partial charge on any atom is 0.412 e. The Labute approximate surface area is 262 Å². The van der Waals surface area contributed by atoms with E-state index < -0.39 is 53.4 Å². The zero-order chi connectivity index (χ0) is 32.8. The predicted molar refractivity (Wildman–Crippen MR) is 160 cm³/mol. The Morgan fingerprint density at radius 2 is 2.00 bits per heavy atom. The van der Waals surface area contributed by atoms with E-state index in [0.717, 1.165) is 44.9 Å². The van der Waals surface area contributed by atoms with Crippen LogP contribution in [0.4, 0.5) is 10.6 Å². The van der Waals surface area contributed by atoms with E-state index in [0.29, 0.717) is 5.52 Å². The van der Waals surface area contributed by atoms with E-state index in [-0.39, 0.29) is 37.1 Å². The molecule has 14 heteroatoms. The topological polar surface area (TPSA) is 200 Å². The Hall–Kier alpha value is -3.80. The van der Waals surface area contributed by atoms with Crippen molar-refractivity contribution in [3.63, 3.8) is 0 Å². The van der Waals surface area contributed by atoms with Crippen LogP contribution in [0.3, 0.4) is 0 Å². The van der Waals surface area contributed by atoms with Crippen LogP contribution in [0.2, 0.25) is 0 Å². The first-order valence-corrected chi connectivity index (χ1v) is 15.6. The van der Waals surface area contributed by atoms with Crippen molar-refractivity contribution >= 4 is 29.4 Å². The molecule has 0 bridgehead atoms. The molecule has 0 spiro atoms. The molecule has 2 aromatic rings. The zero-order valence-electron chi connectivity index (χ0n) is 26.4. The number of aliphatic hydroxyl groups excluding tert-OH is 1. The molecule has 3 heterocycles. The first-order valence-electron chi connectivity index (χ1n) is 15.6. The number of nitrogens with one attached hydrogen (secondary N) is 1. The van der Waals surface area contributed by atoms with E-state index in [9.17, 15) is 24.8 Å². The highest BCUT2D eigenvalue weighted by Gasteiger charge is 2.60. The van der Waals surface area contributed by atoms with Gasteiger partial charge in [-0.05, 0) is 42.7 Å². The number of nitrogens with two attached hydrogens (primary N) is 1. The van der Waals surface area contributed by atoms with Gasteiger partial charge >= 0.3 is 18.0 Å². The SMILES string of the molecule is CCCCCCOC(=O)Nc1ncnn2c([C@]3(C#N)O[C@H](COC(=O)CC4CCC4)[C@@H](OC(=O)[C@@H](N)C(C)(C)C)[C@H]3O)ccc12. The van der Waals surface area contributed by atoms with Crippen LogP contribution in [0.5, 0.6) is 0 Å². The van der Waals surface area contributed by atoms with Gasteiger partial charge in [0.25, 0.3) is 0 Å². The highest BCUT2D eigenvalue weighted by atomic mass is 16.6. The summed E-state index contributed by atoms with van der Waals surface area (Å²) in [6.07, 6.45) is 3.13. The number of carbonyl (C=O) groups excluding carboxylic acids is 3. The lowest BCUT2D eigenvalue weighted by molar-refractivity contribution is -0.163. The number of unbranched alkanes of at least 4 members (excludes halogenated alkanes) is 3. The summed E-state index contributed by atoms with van der Waals surface area (Å²) in [4.78, 5) is 42.2. The molecule has 0 unspecified atom stereocenters. The normalized spacial score (nSPS) is 24.0. The number of esters is 2. The number of aliphatic hydroxyl groups is 1. The zero-order valence-corrected chi connectivity index (χ0v) is 26.4. The summed E-state index contributed by atoms with van der Waals surface area (Å²) in [7, 11) is 0. The van der Waals surface area contributed by atoms with Gasteiger partial charge in [0.1, 0.15) is 42.8 Å². The van der Waals surface area contributed by atoms with Crippen LogP contribution in [-0.4, -0.2) is 75.3 Å². The van der Waals surface area contributed by atoms with E-state index in [1.54, 1.807) is 26.8 Å². The van der Waals surface area contributed by atoms with Crippen molar-refractivity contribution in [1.82, 2.24) is 14.6 Å². The Bertz CT molecular complexity index is 1400. The molecule has 2 aromatic heterocycles. The fourth-order valence-corrected chi connectivity index (χ4v) is 5.31. The van der Waals surface area contributed by atoms with Crippen molar-refractivity contribution in [1.29, 1.82) is 5.26 Å². The maximum atomic E-state index is 13.1. The largest absolute Gasteiger partial charge is 0.463 e. The maximum absolute atomic E-state index is 13.1. The fraction of sp³-hybridized carbons (Fsp3) is 0.677. The standard InChI is InChI=1S/C31H44N6O8/c1-5-6-7-8-14-42-29(41)36-27-20-12-13-22(37(20)35-18-34-27)31(17-32)26(39)24(44-28(40)25(33)30(2,3)4)21(45-31)16-43-23(38)15-19-10-9-11-19/h12-13,18-19,21,24-26,39H,5-11,14-16,33H2,1-4H3,(H,34,35,36,41)/t21-,24-,25-,26-,31+/m1/s1. The van der Waals surface area contributed by atoms with Gasteiger partial charge in [0.05, 0.1) is 12.3 Å². The van der Waals surface area contributed by atoms with Gasteiger partial charge in [-0.25, -0.2) is 14.3 Å². The molecule has 14 nitrogen and oxygen atoms in total. The lowest BCUT2D eigenvalue weighted by Gasteiger charge is -2.29. The van der Waals surface area contributed by atoms with Gasteiger partial charge in [-0.3, -0.25) is 14.9 Å². The summed E-state index contributed by atoms with van der Waals surface area (Å²) < 4.78 is 23.9. The number of carbonyl (C=O) groups is 3. The molecule has 2 aliphatic rings. The van der Waals surface area contributed by atoms with Crippen LogP contribution in [0, 0.1) is 22.7 Å². The third kappa shape index (κ3) is 7.71. The van der Waals surface area contributed by atoms with E-state index in [4.69, 9.17) is 24.7 Å². The number of fused-ring (bicyclic) bond motifs is 1. The summed E-state index contributed by atoms with van der Waals surface area (Å²) in [6, 6.07) is 4.01.